The van der Waals surface area contributed by atoms with Crippen LogP contribution in [0.3, 0.4) is 0 Å². The molecule has 23 heavy (non-hydrogen) atoms. The van der Waals surface area contributed by atoms with Crippen molar-refractivity contribution in [2.75, 3.05) is 17.1 Å². The van der Waals surface area contributed by atoms with Crippen molar-refractivity contribution in [2.24, 2.45) is 0 Å². The number of rotatable bonds is 3. The summed E-state index contributed by atoms with van der Waals surface area (Å²) in [7, 11) is -2.02. The topological polar surface area (TPSA) is 78.5 Å². The van der Waals surface area contributed by atoms with Gasteiger partial charge in [-0.15, -0.1) is 0 Å². The number of nitrogens with one attached hydrogen (secondary N) is 2. The van der Waals surface area contributed by atoms with Crippen LogP contribution in [0, 0.1) is 0 Å². The minimum Gasteiger partial charge on any atom is -0.323 e. The van der Waals surface area contributed by atoms with Crippen LogP contribution in [0.1, 0.15) is 5.56 Å². The van der Waals surface area contributed by atoms with Crippen molar-refractivity contribution < 1.29 is 13.2 Å². The van der Waals surface area contributed by atoms with E-state index in [0.29, 0.717) is 22.9 Å². The highest BCUT2D eigenvalue weighted by atomic mass is 35.5. The summed E-state index contributed by atoms with van der Waals surface area (Å²) in [5.74, 6) is 0. The molecule has 6 nitrogen and oxygen atoms in total. The number of hydrogen-bond acceptors (Lipinski definition) is 3. The van der Waals surface area contributed by atoms with Crippen LogP contribution in [-0.2, 0) is 16.6 Å². The van der Waals surface area contributed by atoms with Crippen molar-refractivity contribution in [3.63, 3.8) is 0 Å². The molecule has 0 radical (unpaired) electrons. The van der Waals surface area contributed by atoms with Gasteiger partial charge in [0.05, 0.1) is 4.90 Å². The van der Waals surface area contributed by atoms with Crippen molar-refractivity contribution in [1.29, 1.82) is 0 Å². The summed E-state index contributed by atoms with van der Waals surface area (Å²) in [4.78, 5) is 13.2. The zero-order valence-corrected chi connectivity index (χ0v) is 13.8. The van der Waals surface area contributed by atoms with Crippen LogP contribution in [0.5, 0.6) is 0 Å². The third-order valence-corrected chi connectivity index (χ3v) is 5.13. The molecule has 2 N–H and O–H groups in total. The minimum atomic E-state index is -3.69. The molecule has 1 heterocycles. The van der Waals surface area contributed by atoms with E-state index in [2.05, 4.69) is 10.0 Å². The molecule has 0 aromatic heterocycles. The fraction of sp³-hybridized carbons (Fsp3) is 0.133. The predicted molar refractivity (Wildman–Crippen MR) is 89.2 cm³/mol. The standard InChI is InChI=1S/C15H14ClN3O3S/c1-19-9-10-8-12(4-7-14(10)17-15(19)20)18-23(21,22)13-5-2-11(16)3-6-13/h2-8,18H,9H2,1H3,(H,17,20). The summed E-state index contributed by atoms with van der Waals surface area (Å²) in [5, 5.41) is 3.20. The molecular weight excluding hydrogens is 338 g/mol. The molecule has 3 rings (SSSR count). The van der Waals surface area contributed by atoms with Gasteiger partial charge in [0.2, 0.25) is 0 Å². The number of carbonyl (C=O) groups excluding carboxylic acids is 1. The van der Waals surface area contributed by atoms with Gasteiger partial charge in [0.25, 0.3) is 10.0 Å². The fourth-order valence-corrected chi connectivity index (χ4v) is 3.45. The first-order valence-electron chi connectivity index (χ1n) is 6.78. The number of benzene rings is 2. The molecule has 0 bridgehead atoms. The van der Waals surface area contributed by atoms with Gasteiger partial charge in [-0.1, -0.05) is 11.6 Å². The van der Waals surface area contributed by atoms with Crippen LogP contribution in [0.2, 0.25) is 5.02 Å². The highest BCUT2D eigenvalue weighted by Crippen LogP contribution is 2.27. The number of carbonyl (C=O) groups is 1. The van der Waals surface area contributed by atoms with Crippen molar-refractivity contribution in [3.8, 4) is 0 Å². The third-order valence-electron chi connectivity index (χ3n) is 3.48. The van der Waals surface area contributed by atoms with Crippen LogP contribution < -0.4 is 10.0 Å². The Labute approximate surface area is 139 Å². The van der Waals surface area contributed by atoms with E-state index >= 15 is 0 Å². The Hall–Kier alpha value is -2.25. The van der Waals surface area contributed by atoms with Crippen LogP contribution >= 0.6 is 11.6 Å². The zero-order chi connectivity index (χ0) is 16.6. The van der Waals surface area contributed by atoms with E-state index in [-0.39, 0.29) is 10.9 Å². The van der Waals surface area contributed by atoms with Gasteiger partial charge in [-0.3, -0.25) is 4.72 Å². The highest BCUT2D eigenvalue weighted by Gasteiger charge is 2.20. The number of hydrogen-bond donors (Lipinski definition) is 2. The van der Waals surface area contributed by atoms with E-state index in [4.69, 9.17) is 11.6 Å². The molecule has 2 amide bonds. The van der Waals surface area contributed by atoms with Gasteiger partial charge in [0.1, 0.15) is 0 Å². The van der Waals surface area contributed by atoms with Gasteiger partial charge in [-0.2, -0.15) is 0 Å². The lowest BCUT2D eigenvalue weighted by Crippen LogP contribution is -2.35. The van der Waals surface area contributed by atoms with E-state index < -0.39 is 10.0 Å². The smallest absolute Gasteiger partial charge is 0.321 e. The number of amides is 2. The molecule has 8 heteroatoms. The Morgan fingerprint density at radius 3 is 2.57 bits per heavy atom. The van der Waals surface area contributed by atoms with Crippen LogP contribution in [0.15, 0.2) is 47.4 Å². The molecule has 0 spiro atoms. The van der Waals surface area contributed by atoms with Gasteiger partial charge < -0.3 is 10.2 Å². The monoisotopic (exact) mass is 351 g/mol. The van der Waals surface area contributed by atoms with E-state index in [1.54, 1.807) is 25.2 Å². The fourth-order valence-electron chi connectivity index (χ4n) is 2.28. The van der Waals surface area contributed by atoms with Crippen LogP contribution in [0.25, 0.3) is 0 Å². The summed E-state index contributed by atoms with van der Waals surface area (Å²) in [6.45, 7) is 0.414. The van der Waals surface area contributed by atoms with Gasteiger partial charge in [-0.25, -0.2) is 13.2 Å². The Morgan fingerprint density at radius 2 is 1.87 bits per heavy atom. The average molecular weight is 352 g/mol. The maximum absolute atomic E-state index is 12.4. The summed E-state index contributed by atoms with van der Waals surface area (Å²) < 4.78 is 27.3. The van der Waals surface area contributed by atoms with Gasteiger partial charge in [-0.05, 0) is 48.0 Å². The van der Waals surface area contributed by atoms with E-state index in [1.807, 2.05) is 0 Å². The number of urea groups is 1. The normalized spacial score (nSPS) is 14.2. The first kappa shape index (κ1) is 15.6. The highest BCUT2D eigenvalue weighted by molar-refractivity contribution is 7.92. The average Bonchev–Trinajstić information content (AvgIpc) is 2.49. The molecule has 1 aliphatic rings. The van der Waals surface area contributed by atoms with E-state index in [1.165, 1.54) is 29.2 Å². The molecular formula is C15H14ClN3O3S. The summed E-state index contributed by atoms with van der Waals surface area (Å²) in [6, 6.07) is 10.7. The Kier molecular flexibility index (Phi) is 3.91. The number of nitrogens with zero attached hydrogens (tertiary/aromatic N) is 1. The SMILES string of the molecule is CN1Cc2cc(NS(=O)(=O)c3ccc(Cl)cc3)ccc2NC1=O. The second kappa shape index (κ2) is 5.75. The quantitative estimate of drug-likeness (QED) is 0.891. The first-order chi connectivity index (χ1) is 10.8. The lowest BCUT2D eigenvalue weighted by Gasteiger charge is -2.26. The van der Waals surface area contributed by atoms with Crippen LogP contribution in [0.4, 0.5) is 16.2 Å². The molecule has 0 atom stereocenters. The Morgan fingerprint density at radius 1 is 1.17 bits per heavy atom. The van der Waals surface area contributed by atoms with Gasteiger partial charge in [0, 0.05) is 30.0 Å². The minimum absolute atomic E-state index is 0.130. The maximum Gasteiger partial charge on any atom is 0.321 e. The maximum atomic E-state index is 12.4. The second-order valence-electron chi connectivity index (χ2n) is 5.22. The Bertz CT molecular complexity index is 866. The molecule has 1 aliphatic heterocycles. The largest absolute Gasteiger partial charge is 0.323 e. The second-order valence-corrected chi connectivity index (χ2v) is 7.34. The lowest BCUT2D eigenvalue weighted by atomic mass is 10.1. The molecule has 0 aliphatic carbocycles. The molecule has 2 aromatic rings. The number of sulfonamides is 1. The summed E-state index contributed by atoms with van der Waals surface area (Å²) >= 11 is 5.77. The van der Waals surface area contributed by atoms with Crippen molar-refractivity contribution in [2.45, 2.75) is 11.4 Å². The van der Waals surface area contributed by atoms with Crippen molar-refractivity contribution >= 4 is 39.0 Å². The predicted octanol–water partition coefficient (Wildman–Crippen LogP) is 3.12. The Balaban J connectivity index is 1.87. The lowest BCUT2D eigenvalue weighted by molar-refractivity contribution is 0.218. The zero-order valence-electron chi connectivity index (χ0n) is 12.2. The van der Waals surface area contributed by atoms with E-state index in [9.17, 15) is 13.2 Å². The number of fused-ring (bicyclic) bond motifs is 1. The molecule has 0 saturated heterocycles. The third kappa shape index (κ3) is 3.25. The van der Waals surface area contributed by atoms with E-state index in [0.717, 1.165) is 5.56 Å². The van der Waals surface area contributed by atoms with Gasteiger partial charge >= 0.3 is 6.03 Å². The molecule has 0 fully saturated rings. The molecule has 0 unspecified atom stereocenters. The number of halogens is 1. The van der Waals surface area contributed by atoms with Crippen molar-refractivity contribution in [1.82, 2.24) is 4.90 Å². The number of anilines is 2. The molecule has 0 saturated carbocycles. The van der Waals surface area contributed by atoms with Crippen LogP contribution in [-0.4, -0.2) is 26.4 Å². The molecule has 120 valence electrons. The first-order valence-corrected chi connectivity index (χ1v) is 8.65. The van der Waals surface area contributed by atoms with Crippen molar-refractivity contribution in [3.05, 3.63) is 53.1 Å². The van der Waals surface area contributed by atoms with Gasteiger partial charge in [0.15, 0.2) is 0 Å². The molecule has 2 aromatic carbocycles. The summed E-state index contributed by atoms with van der Waals surface area (Å²) in [6.07, 6.45) is 0. The summed E-state index contributed by atoms with van der Waals surface area (Å²) in [5.41, 5.74) is 1.95.